The third-order valence-electron chi connectivity index (χ3n) is 5.05. The monoisotopic (exact) mass is 402 g/mol. The minimum atomic E-state index is -0.125. The molecule has 0 saturated carbocycles. The van der Waals surface area contributed by atoms with Gasteiger partial charge in [-0.15, -0.1) is 0 Å². The summed E-state index contributed by atoms with van der Waals surface area (Å²) in [5.74, 6) is -0.125. The maximum atomic E-state index is 12.2. The van der Waals surface area contributed by atoms with Crippen molar-refractivity contribution in [3.05, 3.63) is 89.8 Å². The number of nitrogens with zero attached hydrogens (tertiary/aromatic N) is 3. The van der Waals surface area contributed by atoms with Crippen molar-refractivity contribution in [3.8, 4) is 5.69 Å². The van der Waals surface area contributed by atoms with Crippen LogP contribution < -0.4 is 5.32 Å². The van der Waals surface area contributed by atoms with Gasteiger partial charge in [0.1, 0.15) is 0 Å². The van der Waals surface area contributed by atoms with Crippen LogP contribution in [0.3, 0.4) is 0 Å². The standard InChI is InChI=1S/C24H26N4O2/c29-24(11-10-22-17-26-28(19-22)23-4-2-1-3-5-23)25-16-20-6-8-21(9-7-20)18-27-12-14-30-15-13-27/h1-11,17,19H,12-16,18H2,(H,25,29)/b11-10+. The van der Waals surface area contributed by atoms with Gasteiger partial charge in [0.25, 0.3) is 0 Å². The SMILES string of the molecule is O=C(/C=C/c1cnn(-c2ccccc2)c1)NCc1ccc(CN2CCOCC2)cc1. The summed E-state index contributed by atoms with van der Waals surface area (Å²) in [5, 5.41) is 7.26. The van der Waals surface area contributed by atoms with Gasteiger partial charge in [-0.05, 0) is 29.3 Å². The van der Waals surface area contributed by atoms with Crippen LogP contribution in [-0.4, -0.2) is 46.9 Å². The van der Waals surface area contributed by atoms with E-state index in [0.717, 1.165) is 49.7 Å². The highest BCUT2D eigenvalue weighted by atomic mass is 16.5. The van der Waals surface area contributed by atoms with Gasteiger partial charge in [0.05, 0.1) is 25.1 Å². The lowest BCUT2D eigenvalue weighted by Crippen LogP contribution is -2.35. The van der Waals surface area contributed by atoms with E-state index in [-0.39, 0.29) is 5.91 Å². The molecule has 1 N–H and O–H groups in total. The quantitative estimate of drug-likeness (QED) is 0.617. The van der Waals surface area contributed by atoms with E-state index in [2.05, 4.69) is 39.6 Å². The fraction of sp³-hybridized carbons (Fsp3) is 0.250. The predicted octanol–water partition coefficient (Wildman–Crippen LogP) is 3.03. The zero-order chi connectivity index (χ0) is 20.6. The van der Waals surface area contributed by atoms with Crippen molar-refractivity contribution >= 4 is 12.0 Å². The van der Waals surface area contributed by atoms with Crippen LogP contribution in [0, 0.1) is 0 Å². The molecule has 0 radical (unpaired) electrons. The maximum Gasteiger partial charge on any atom is 0.244 e. The summed E-state index contributed by atoms with van der Waals surface area (Å²) >= 11 is 0. The first-order valence-electron chi connectivity index (χ1n) is 10.2. The Morgan fingerprint density at radius 1 is 1.03 bits per heavy atom. The number of para-hydroxylation sites is 1. The van der Waals surface area contributed by atoms with Crippen molar-refractivity contribution in [3.63, 3.8) is 0 Å². The summed E-state index contributed by atoms with van der Waals surface area (Å²) in [6.07, 6.45) is 6.95. The molecule has 1 aliphatic rings. The molecule has 1 aromatic heterocycles. The van der Waals surface area contributed by atoms with E-state index in [9.17, 15) is 4.79 Å². The van der Waals surface area contributed by atoms with E-state index in [0.29, 0.717) is 6.54 Å². The second kappa shape index (κ2) is 10.0. The number of aromatic nitrogens is 2. The highest BCUT2D eigenvalue weighted by Gasteiger charge is 2.10. The Bertz CT molecular complexity index is 974. The highest BCUT2D eigenvalue weighted by molar-refractivity contribution is 5.91. The minimum absolute atomic E-state index is 0.125. The van der Waals surface area contributed by atoms with Crippen molar-refractivity contribution in [2.75, 3.05) is 26.3 Å². The van der Waals surface area contributed by atoms with E-state index >= 15 is 0 Å². The molecule has 4 rings (SSSR count). The molecule has 1 amide bonds. The van der Waals surface area contributed by atoms with Crippen LogP contribution in [0.4, 0.5) is 0 Å². The summed E-state index contributed by atoms with van der Waals surface area (Å²) in [6.45, 7) is 5.03. The molecule has 30 heavy (non-hydrogen) atoms. The third kappa shape index (κ3) is 5.65. The number of morpholine rings is 1. The van der Waals surface area contributed by atoms with E-state index < -0.39 is 0 Å². The molecule has 154 valence electrons. The first-order valence-corrected chi connectivity index (χ1v) is 10.2. The van der Waals surface area contributed by atoms with Crippen LogP contribution in [0.2, 0.25) is 0 Å². The molecule has 6 nitrogen and oxygen atoms in total. The Hall–Kier alpha value is -3.22. The second-order valence-electron chi connectivity index (χ2n) is 7.31. The molecule has 2 aromatic carbocycles. The fourth-order valence-corrected chi connectivity index (χ4v) is 3.34. The third-order valence-corrected chi connectivity index (χ3v) is 5.05. The van der Waals surface area contributed by atoms with Crippen LogP contribution in [0.5, 0.6) is 0 Å². The zero-order valence-corrected chi connectivity index (χ0v) is 16.9. The van der Waals surface area contributed by atoms with Gasteiger partial charge in [0.2, 0.25) is 5.91 Å². The molecule has 1 fully saturated rings. The van der Waals surface area contributed by atoms with Crippen molar-refractivity contribution in [2.24, 2.45) is 0 Å². The first-order chi connectivity index (χ1) is 14.8. The van der Waals surface area contributed by atoms with Gasteiger partial charge in [0.15, 0.2) is 0 Å². The van der Waals surface area contributed by atoms with Gasteiger partial charge in [-0.2, -0.15) is 5.10 Å². The van der Waals surface area contributed by atoms with Crippen molar-refractivity contribution < 1.29 is 9.53 Å². The number of carbonyl (C=O) groups is 1. The average molecular weight is 402 g/mol. The van der Waals surface area contributed by atoms with Crippen molar-refractivity contribution in [2.45, 2.75) is 13.1 Å². The maximum absolute atomic E-state index is 12.2. The number of nitrogens with one attached hydrogen (secondary N) is 1. The van der Waals surface area contributed by atoms with Crippen LogP contribution in [0.1, 0.15) is 16.7 Å². The number of rotatable bonds is 7. The summed E-state index contributed by atoms with van der Waals surface area (Å²) < 4.78 is 7.18. The molecule has 0 atom stereocenters. The van der Waals surface area contributed by atoms with Gasteiger partial charge in [0, 0.05) is 44.0 Å². The predicted molar refractivity (Wildman–Crippen MR) is 117 cm³/mol. The molecule has 0 aliphatic carbocycles. The smallest absolute Gasteiger partial charge is 0.244 e. The van der Waals surface area contributed by atoms with Gasteiger partial charge in [-0.3, -0.25) is 9.69 Å². The van der Waals surface area contributed by atoms with Gasteiger partial charge >= 0.3 is 0 Å². The Kier molecular flexibility index (Phi) is 6.69. The fourth-order valence-electron chi connectivity index (χ4n) is 3.34. The highest BCUT2D eigenvalue weighted by Crippen LogP contribution is 2.10. The molecule has 6 heteroatoms. The molecule has 1 aliphatic heterocycles. The molecule has 3 aromatic rings. The van der Waals surface area contributed by atoms with Gasteiger partial charge in [-0.25, -0.2) is 4.68 Å². The molecule has 0 unspecified atom stereocenters. The summed E-state index contributed by atoms with van der Waals surface area (Å²) in [6, 6.07) is 18.3. The molecular weight excluding hydrogens is 376 g/mol. The van der Waals surface area contributed by atoms with E-state index in [4.69, 9.17) is 4.74 Å². The molecular formula is C24H26N4O2. The zero-order valence-electron chi connectivity index (χ0n) is 16.9. The Morgan fingerprint density at radius 2 is 1.77 bits per heavy atom. The molecule has 1 saturated heterocycles. The summed E-state index contributed by atoms with van der Waals surface area (Å²) in [4.78, 5) is 14.5. The Labute approximate surface area is 176 Å². The van der Waals surface area contributed by atoms with E-state index in [1.807, 2.05) is 36.5 Å². The lowest BCUT2D eigenvalue weighted by Gasteiger charge is -2.26. The molecule has 0 spiro atoms. The number of ether oxygens (including phenoxy) is 1. The van der Waals surface area contributed by atoms with Gasteiger partial charge in [-0.1, -0.05) is 42.5 Å². The summed E-state index contributed by atoms with van der Waals surface area (Å²) in [7, 11) is 0. The number of benzene rings is 2. The normalized spacial score (nSPS) is 14.8. The largest absolute Gasteiger partial charge is 0.379 e. The van der Waals surface area contributed by atoms with E-state index in [1.165, 1.54) is 5.56 Å². The topological polar surface area (TPSA) is 59.4 Å². The summed E-state index contributed by atoms with van der Waals surface area (Å²) in [5.41, 5.74) is 4.22. The first kappa shape index (κ1) is 20.1. The van der Waals surface area contributed by atoms with Crippen molar-refractivity contribution in [1.29, 1.82) is 0 Å². The van der Waals surface area contributed by atoms with Gasteiger partial charge < -0.3 is 10.1 Å². The molecule has 2 heterocycles. The lowest BCUT2D eigenvalue weighted by atomic mass is 10.1. The van der Waals surface area contributed by atoms with Crippen LogP contribution in [0.15, 0.2) is 73.1 Å². The number of carbonyl (C=O) groups excluding carboxylic acids is 1. The van der Waals surface area contributed by atoms with Crippen molar-refractivity contribution in [1.82, 2.24) is 20.0 Å². The molecule has 0 bridgehead atoms. The number of hydrogen-bond donors (Lipinski definition) is 1. The minimum Gasteiger partial charge on any atom is -0.379 e. The Balaban J connectivity index is 1.25. The van der Waals surface area contributed by atoms with Crippen LogP contribution in [-0.2, 0) is 22.6 Å². The van der Waals surface area contributed by atoms with Crippen LogP contribution >= 0.6 is 0 Å². The lowest BCUT2D eigenvalue weighted by molar-refractivity contribution is -0.116. The average Bonchev–Trinajstić information content (AvgIpc) is 3.28. The number of hydrogen-bond acceptors (Lipinski definition) is 4. The van der Waals surface area contributed by atoms with E-state index in [1.54, 1.807) is 23.0 Å². The van der Waals surface area contributed by atoms with Crippen LogP contribution in [0.25, 0.3) is 11.8 Å². The number of amides is 1. The second-order valence-corrected chi connectivity index (χ2v) is 7.31. The Morgan fingerprint density at radius 3 is 2.53 bits per heavy atom.